The van der Waals surface area contributed by atoms with Crippen LogP contribution in [-0.2, 0) is 6.42 Å². The van der Waals surface area contributed by atoms with E-state index in [0.717, 1.165) is 19.0 Å². The molecular weight excluding hydrogens is 432 g/mol. The molecule has 0 aliphatic rings. The van der Waals surface area contributed by atoms with Gasteiger partial charge in [-0.2, -0.15) is 4.98 Å². The van der Waals surface area contributed by atoms with Crippen molar-refractivity contribution in [2.75, 3.05) is 11.9 Å². The Labute approximate surface area is 201 Å². The van der Waals surface area contributed by atoms with E-state index in [0.29, 0.717) is 29.6 Å². The molecule has 0 aliphatic heterocycles. The number of pyridine rings is 1. The number of aromatic nitrogens is 3. The van der Waals surface area contributed by atoms with E-state index in [2.05, 4.69) is 58.3 Å². The minimum absolute atomic E-state index is 0.0301. The molecule has 0 aliphatic carbocycles. The third-order valence-electron chi connectivity index (χ3n) is 5.26. The largest absolute Gasteiger partial charge is 0.355 e. The van der Waals surface area contributed by atoms with Crippen molar-refractivity contribution in [2.45, 2.75) is 53.4 Å². The predicted octanol–water partition coefficient (Wildman–Crippen LogP) is 7.16. The molecule has 5 nitrogen and oxygen atoms in total. The van der Waals surface area contributed by atoms with Crippen molar-refractivity contribution in [1.29, 1.82) is 0 Å². The van der Waals surface area contributed by atoms with Crippen molar-refractivity contribution in [3.8, 4) is 0 Å². The highest BCUT2D eigenvalue weighted by Gasteiger charge is 2.28. The van der Waals surface area contributed by atoms with Gasteiger partial charge in [0.05, 0.1) is 5.69 Å². The first-order valence-electron chi connectivity index (χ1n) is 11.2. The van der Waals surface area contributed by atoms with Crippen molar-refractivity contribution in [3.63, 3.8) is 0 Å². The molecule has 2 aromatic rings. The number of aliphatic imine (C=N–C) groups is 1. The summed E-state index contributed by atoms with van der Waals surface area (Å²) < 4.78 is 27.8. The third kappa shape index (κ3) is 8.21. The van der Waals surface area contributed by atoms with Gasteiger partial charge in [-0.15, -0.1) is 0 Å². The summed E-state index contributed by atoms with van der Waals surface area (Å²) in [5.41, 5.74) is 2.60. The lowest BCUT2D eigenvalue weighted by Gasteiger charge is -2.24. The van der Waals surface area contributed by atoms with Crippen LogP contribution in [0.4, 0.5) is 20.5 Å². The number of anilines is 1. The molecule has 2 heterocycles. The molecule has 182 valence electrons. The second-order valence-corrected chi connectivity index (χ2v) is 9.16. The first-order chi connectivity index (χ1) is 15.9. The Bertz CT molecular complexity index is 1070. The summed E-state index contributed by atoms with van der Waals surface area (Å²) in [6.07, 6.45) is 11.4. The normalized spacial score (nSPS) is 13.4. The van der Waals surface area contributed by atoms with E-state index in [-0.39, 0.29) is 17.4 Å². The van der Waals surface area contributed by atoms with Crippen LogP contribution in [0.3, 0.4) is 0 Å². The topological polar surface area (TPSA) is 66.0 Å². The van der Waals surface area contributed by atoms with Gasteiger partial charge in [-0.05, 0) is 49.0 Å². The summed E-state index contributed by atoms with van der Waals surface area (Å²) in [5, 5.41) is 3.35. The van der Waals surface area contributed by atoms with Gasteiger partial charge in [-0.1, -0.05) is 51.3 Å². The first kappa shape index (κ1) is 26.9. The molecule has 0 unspecified atom stereocenters. The van der Waals surface area contributed by atoms with Crippen LogP contribution in [0.15, 0.2) is 78.1 Å². The number of nitrogens with one attached hydrogen (secondary N) is 2. The zero-order valence-corrected chi connectivity index (χ0v) is 20.8. The maximum absolute atomic E-state index is 13.9. The Morgan fingerprint density at radius 3 is 2.62 bits per heavy atom. The fraction of sp³-hybridized carbons (Fsp3) is 0.370. The summed E-state index contributed by atoms with van der Waals surface area (Å²) in [6, 6.07) is 4.00. The van der Waals surface area contributed by atoms with Crippen molar-refractivity contribution >= 4 is 17.5 Å². The molecular formula is C27H35F2N5. The molecule has 2 N–H and O–H groups in total. The molecule has 0 fully saturated rings. The molecule has 0 spiro atoms. The van der Waals surface area contributed by atoms with Gasteiger partial charge in [-0.25, -0.2) is 13.8 Å². The second-order valence-electron chi connectivity index (χ2n) is 9.16. The van der Waals surface area contributed by atoms with Gasteiger partial charge >= 0.3 is 0 Å². The van der Waals surface area contributed by atoms with Crippen molar-refractivity contribution in [1.82, 2.24) is 15.0 Å². The van der Waals surface area contributed by atoms with E-state index in [1.165, 1.54) is 5.56 Å². The van der Waals surface area contributed by atoms with E-state index in [1.807, 2.05) is 26.1 Å². The first-order valence-corrected chi connectivity index (χ1v) is 11.2. The van der Waals surface area contributed by atoms with Gasteiger partial charge in [0.25, 0.3) is 5.92 Å². The molecule has 7 heteroatoms. The number of alkyl halides is 2. The van der Waals surface area contributed by atoms with Crippen LogP contribution in [0.5, 0.6) is 0 Å². The molecule has 34 heavy (non-hydrogen) atoms. The zero-order valence-electron chi connectivity index (χ0n) is 20.8. The average molecular weight is 468 g/mol. The molecule has 0 bridgehead atoms. The molecule has 2 aromatic heterocycles. The van der Waals surface area contributed by atoms with Gasteiger partial charge in [0.15, 0.2) is 5.82 Å². The maximum Gasteiger partial charge on any atom is 0.270 e. The van der Waals surface area contributed by atoms with Gasteiger partial charge in [0.2, 0.25) is 5.95 Å². The zero-order chi connectivity index (χ0) is 25.4. The van der Waals surface area contributed by atoms with Crippen molar-refractivity contribution < 1.29 is 8.78 Å². The molecule has 0 amide bonds. The van der Waals surface area contributed by atoms with Gasteiger partial charge in [0, 0.05) is 43.6 Å². The highest BCUT2D eigenvalue weighted by Crippen LogP contribution is 2.31. The van der Waals surface area contributed by atoms with Crippen LogP contribution < -0.4 is 5.32 Å². The summed E-state index contributed by atoms with van der Waals surface area (Å²) in [6.45, 7) is 17.0. The van der Waals surface area contributed by atoms with Crippen molar-refractivity contribution in [2.24, 2.45) is 10.4 Å². The lowest BCUT2D eigenvalue weighted by Crippen LogP contribution is -2.26. The van der Waals surface area contributed by atoms with Crippen LogP contribution in [0.1, 0.15) is 45.4 Å². The Morgan fingerprint density at radius 1 is 1.29 bits per heavy atom. The fourth-order valence-electron chi connectivity index (χ4n) is 3.33. The van der Waals surface area contributed by atoms with Crippen LogP contribution in [-0.4, -0.2) is 33.1 Å². The Morgan fingerprint density at radius 2 is 2.03 bits per heavy atom. The highest BCUT2D eigenvalue weighted by atomic mass is 19.3. The standard InChI is InChI=1S/C27H35F2N5/c1-8-10-13-22(19(3)27(7,28)29)15-23(9-2)33-24-20(4)32-25(34-24)31-18-26(5,6)16-21-12-11-14-30-17-21/h8-14,17H,2-3,15-16,18H2,1,4-7H3,(H2,31,32,34)/b10-8-,22-13-,33-23?. The van der Waals surface area contributed by atoms with E-state index in [4.69, 9.17) is 0 Å². The Hall–Kier alpha value is -3.35. The molecule has 0 atom stereocenters. The van der Waals surface area contributed by atoms with E-state index in [9.17, 15) is 8.78 Å². The third-order valence-corrected chi connectivity index (χ3v) is 5.26. The van der Waals surface area contributed by atoms with Crippen LogP contribution in [0.25, 0.3) is 0 Å². The minimum Gasteiger partial charge on any atom is -0.355 e. The number of halogens is 2. The van der Waals surface area contributed by atoms with Crippen molar-refractivity contribution in [3.05, 3.63) is 84.4 Å². The summed E-state index contributed by atoms with van der Waals surface area (Å²) in [5.74, 6) is -1.93. The fourth-order valence-corrected chi connectivity index (χ4v) is 3.33. The number of aryl methyl sites for hydroxylation is 1. The quantitative estimate of drug-likeness (QED) is 0.257. The smallest absolute Gasteiger partial charge is 0.270 e. The predicted molar refractivity (Wildman–Crippen MR) is 138 cm³/mol. The molecule has 0 aromatic carbocycles. The number of aromatic amines is 1. The van der Waals surface area contributed by atoms with Gasteiger partial charge in [-0.3, -0.25) is 4.98 Å². The lowest BCUT2D eigenvalue weighted by molar-refractivity contribution is 0.0663. The monoisotopic (exact) mass is 467 g/mol. The number of hydrogen-bond acceptors (Lipinski definition) is 4. The molecule has 0 saturated carbocycles. The number of allylic oxidation sites excluding steroid dienone is 6. The van der Waals surface area contributed by atoms with Crippen LogP contribution >= 0.6 is 0 Å². The molecule has 0 radical (unpaired) electrons. The maximum atomic E-state index is 13.9. The van der Waals surface area contributed by atoms with Crippen LogP contribution in [0, 0.1) is 12.3 Å². The molecule has 2 rings (SSSR count). The Kier molecular flexibility index (Phi) is 9.24. The number of nitrogens with zero attached hydrogens (tertiary/aromatic N) is 3. The van der Waals surface area contributed by atoms with E-state index in [1.54, 1.807) is 30.5 Å². The van der Waals surface area contributed by atoms with Gasteiger partial charge in [0.1, 0.15) is 0 Å². The summed E-state index contributed by atoms with van der Waals surface area (Å²) in [7, 11) is 0. The SMILES string of the molecule is C=CC(C/C(=C/C=C\C)C(=C)C(C)(F)F)=Nc1nc(NCC(C)(C)Cc2cccnc2)[nH]c1C. The average Bonchev–Trinajstić information content (AvgIpc) is 3.13. The number of imidazole rings is 1. The van der Waals surface area contributed by atoms with Gasteiger partial charge < -0.3 is 10.3 Å². The Balaban J connectivity index is 2.16. The highest BCUT2D eigenvalue weighted by molar-refractivity contribution is 5.98. The second kappa shape index (κ2) is 11.7. The number of H-pyrrole nitrogens is 1. The molecule has 0 saturated heterocycles. The van der Waals surface area contributed by atoms with Crippen LogP contribution in [0.2, 0.25) is 0 Å². The number of rotatable bonds is 12. The summed E-state index contributed by atoms with van der Waals surface area (Å²) in [4.78, 5) is 16.5. The number of hydrogen-bond donors (Lipinski definition) is 2. The summed E-state index contributed by atoms with van der Waals surface area (Å²) >= 11 is 0. The van der Waals surface area contributed by atoms with E-state index < -0.39 is 5.92 Å². The van der Waals surface area contributed by atoms with E-state index >= 15 is 0 Å². The lowest BCUT2D eigenvalue weighted by atomic mass is 9.86. The minimum atomic E-state index is -3.03.